The number of amides is 1. The van der Waals surface area contributed by atoms with E-state index in [1.807, 2.05) is 0 Å². The van der Waals surface area contributed by atoms with Gasteiger partial charge in [-0.25, -0.2) is 5.43 Å². The van der Waals surface area contributed by atoms with Gasteiger partial charge in [0.2, 0.25) is 0 Å². The predicted octanol–water partition coefficient (Wildman–Crippen LogP) is 2.37. The van der Waals surface area contributed by atoms with E-state index in [4.69, 9.17) is 4.42 Å². The van der Waals surface area contributed by atoms with Gasteiger partial charge in [-0.15, -0.1) is 0 Å². The number of aryl methyl sites for hydroxylation is 2. The van der Waals surface area contributed by atoms with Crippen LogP contribution < -0.4 is 5.43 Å². The number of carbonyl (C=O) groups excluding carboxylic acids is 1. The quantitative estimate of drug-likeness (QED) is 0.655. The van der Waals surface area contributed by atoms with Gasteiger partial charge in [-0.1, -0.05) is 12.1 Å². The van der Waals surface area contributed by atoms with Crippen LogP contribution in [0.15, 0.2) is 39.9 Å². The molecular formula is C14H14N2O3. The fourth-order valence-electron chi connectivity index (χ4n) is 1.67. The van der Waals surface area contributed by atoms with Crippen LogP contribution in [0.3, 0.4) is 0 Å². The molecule has 98 valence electrons. The predicted molar refractivity (Wildman–Crippen MR) is 71.3 cm³/mol. The first kappa shape index (κ1) is 12.9. The number of hydrazone groups is 1. The minimum Gasteiger partial charge on any atom is -0.507 e. The zero-order valence-corrected chi connectivity index (χ0v) is 10.7. The monoisotopic (exact) mass is 258 g/mol. The minimum atomic E-state index is -0.346. The molecular weight excluding hydrogens is 244 g/mol. The Labute approximate surface area is 110 Å². The second-order valence-corrected chi connectivity index (χ2v) is 4.08. The number of hydrogen-bond acceptors (Lipinski definition) is 4. The van der Waals surface area contributed by atoms with E-state index in [1.54, 1.807) is 44.2 Å². The Morgan fingerprint density at radius 2 is 2.11 bits per heavy atom. The van der Waals surface area contributed by atoms with Crippen LogP contribution in [0.2, 0.25) is 0 Å². The van der Waals surface area contributed by atoms with Crippen molar-refractivity contribution in [2.75, 3.05) is 0 Å². The number of rotatable bonds is 3. The average molecular weight is 258 g/mol. The average Bonchev–Trinajstić information content (AvgIpc) is 2.71. The van der Waals surface area contributed by atoms with E-state index >= 15 is 0 Å². The highest BCUT2D eigenvalue weighted by Crippen LogP contribution is 2.14. The van der Waals surface area contributed by atoms with Crippen molar-refractivity contribution in [3.8, 4) is 5.75 Å². The zero-order chi connectivity index (χ0) is 13.8. The summed E-state index contributed by atoms with van der Waals surface area (Å²) in [5, 5.41) is 13.3. The fourth-order valence-corrected chi connectivity index (χ4v) is 1.67. The maximum absolute atomic E-state index is 11.8. The van der Waals surface area contributed by atoms with Crippen LogP contribution in [0.5, 0.6) is 5.75 Å². The second kappa shape index (κ2) is 5.39. The highest BCUT2D eigenvalue weighted by molar-refractivity contribution is 5.96. The molecule has 2 aromatic rings. The van der Waals surface area contributed by atoms with E-state index in [9.17, 15) is 9.90 Å². The lowest BCUT2D eigenvalue weighted by Crippen LogP contribution is -2.17. The van der Waals surface area contributed by atoms with E-state index in [1.165, 1.54) is 6.21 Å². The van der Waals surface area contributed by atoms with Crippen LogP contribution in [0.25, 0.3) is 0 Å². The van der Waals surface area contributed by atoms with Gasteiger partial charge < -0.3 is 9.52 Å². The van der Waals surface area contributed by atoms with E-state index in [-0.39, 0.29) is 11.7 Å². The molecule has 2 rings (SSSR count). The molecule has 0 atom stereocenters. The Balaban J connectivity index is 2.05. The van der Waals surface area contributed by atoms with Crippen LogP contribution in [-0.2, 0) is 0 Å². The standard InChI is InChI=1S/C14H14N2O3/c1-9-7-12(10(2)19-9)14(18)16-15-8-11-5-3-4-6-13(11)17/h3-8,17H,1-2H3,(H,16,18)/b15-8+. The Morgan fingerprint density at radius 1 is 1.37 bits per heavy atom. The zero-order valence-electron chi connectivity index (χ0n) is 10.7. The van der Waals surface area contributed by atoms with Crippen molar-refractivity contribution < 1.29 is 14.3 Å². The summed E-state index contributed by atoms with van der Waals surface area (Å²) >= 11 is 0. The molecule has 0 spiro atoms. The third-order valence-electron chi connectivity index (χ3n) is 2.59. The first-order valence-electron chi connectivity index (χ1n) is 5.76. The lowest BCUT2D eigenvalue weighted by molar-refractivity contribution is 0.0953. The summed E-state index contributed by atoms with van der Waals surface area (Å²) in [5.41, 5.74) is 3.37. The lowest BCUT2D eigenvalue weighted by Gasteiger charge is -1.98. The van der Waals surface area contributed by atoms with Crippen molar-refractivity contribution in [2.45, 2.75) is 13.8 Å². The minimum absolute atomic E-state index is 0.107. The summed E-state index contributed by atoms with van der Waals surface area (Å²) in [6.07, 6.45) is 1.38. The molecule has 19 heavy (non-hydrogen) atoms. The SMILES string of the molecule is Cc1cc(C(=O)N/N=C/c2ccccc2O)c(C)o1. The van der Waals surface area contributed by atoms with Crippen molar-refractivity contribution >= 4 is 12.1 Å². The van der Waals surface area contributed by atoms with Crippen LogP contribution in [-0.4, -0.2) is 17.2 Å². The number of carbonyl (C=O) groups is 1. The van der Waals surface area contributed by atoms with E-state index < -0.39 is 0 Å². The van der Waals surface area contributed by atoms with Crippen molar-refractivity contribution in [3.05, 3.63) is 53.0 Å². The van der Waals surface area contributed by atoms with E-state index in [2.05, 4.69) is 10.5 Å². The maximum Gasteiger partial charge on any atom is 0.274 e. The number of phenols is 1. The molecule has 5 heteroatoms. The van der Waals surface area contributed by atoms with Crippen LogP contribution in [0.1, 0.15) is 27.4 Å². The number of aromatic hydroxyl groups is 1. The summed E-state index contributed by atoms with van der Waals surface area (Å²) in [7, 11) is 0. The molecule has 0 aliphatic heterocycles. The van der Waals surface area contributed by atoms with E-state index in [0.29, 0.717) is 22.6 Å². The van der Waals surface area contributed by atoms with Gasteiger partial charge in [0.05, 0.1) is 11.8 Å². The van der Waals surface area contributed by atoms with E-state index in [0.717, 1.165) is 0 Å². The summed E-state index contributed by atoms with van der Waals surface area (Å²) in [6, 6.07) is 8.38. The number of nitrogens with one attached hydrogen (secondary N) is 1. The summed E-state index contributed by atoms with van der Waals surface area (Å²) in [4.78, 5) is 11.8. The number of furan rings is 1. The van der Waals surface area contributed by atoms with Gasteiger partial charge in [0.1, 0.15) is 17.3 Å². The third-order valence-corrected chi connectivity index (χ3v) is 2.59. The van der Waals surface area contributed by atoms with Gasteiger partial charge in [0, 0.05) is 5.56 Å². The van der Waals surface area contributed by atoms with Gasteiger partial charge in [-0.05, 0) is 32.0 Å². The molecule has 0 aliphatic rings. The molecule has 0 unspecified atom stereocenters. The van der Waals surface area contributed by atoms with Gasteiger partial charge in [0.25, 0.3) is 5.91 Å². The molecule has 0 saturated heterocycles. The molecule has 0 radical (unpaired) electrons. The summed E-state index contributed by atoms with van der Waals surface area (Å²) in [5.74, 6) is 0.983. The number of benzene rings is 1. The fraction of sp³-hybridized carbons (Fsp3) is 0.143. The number of phenolic OH excluding ortho intramolecular Hbond substituents is 1. The third kappa shape index (κ3) is 3.01. The van der Waals surface area contributed by atoms with Crippen LogP contribution in [0, 0.1) is 13.8 Å². The van der Waals surface area contributed by atoms with Crippen molar-refractivity contribution in [2.24, 2.45) is 5.10 Å². The van der Waals surface area contributed by atoms with Crippen LogP contribution >= 0.6 is 0 Å². The van der Waals surface area contributed by atoms with Gasteiger partial charge in [-0.2, -0.15) is 5.10 Å². The first-order chi connectivity index (χ1) is 9.08. The summed E-state index contributed by atoms with van der Waals surface area (Å²) < 4.78 is 5.27. The molecule has 1 amide bonds. The van der Waals surface area contributed by atoms with Crippen molar-refractivity contribution in [3.63, 3.8) is 0 Å². The van der Waals surface area contributed by atoms with Crippen LogP contribution in [0.4, 0.5) is 0 Å². The highest BCUT2D eigenvalue weighted by atomic mass is 16.3. The largest absolute Gasteiger partial charge is 0.507 e. The maximum atomic E-state index is 11.8. The van der Waals surface area contributed by atoms with Gasteiger partial charge in [0.15, 0.2) is 0 Å². The Kier molecular flexibility index (Phi) is 3.66. The Bertz CT molecular complexity index is 629. The van der Waals surface area contributed by atoms with Gasteiger partial charge in [-0.3, -0.25) is 4.79 Å². The lowest BCUT2D eigenvalue weighted by atomic mass is 10.2. The number of hydrogen-bond donors (Lipinski definition) is 2. The Hall–Kier alpha value is -2.56. The van der Waals surface area contributed by atoms with Gasteiger partial charge >= 0.3 is 0 Å². The smallest absolute Gasteiger partial charge is 0.274 e. The highest BCUT2D eigenvalue weighted by Gasteiger charge is 2.12. The second-order valence-electron chi connectivity index (χ2n) is 4.08. The summed E-state index contributed by atoms with van der Waals surface area (Å²) in [6.45, 7) is 3.49. The molecule has 0 bridgehead atoms. The first-order valence-corrected chi connectivity index (χ1v) is 5.76. The molecule has 0 saturated carbocycles. The molecule has 5 nitrogen and oxygen atoms in total. The number of para-hydroxylation sites is 1. The molecule has 1 heterocycles. The molecule has 0 fully saturated rings. The molecule has 1 aromatic carbocycles. The molecule has 1 aromatic heterocycles. The molecule has 0 aliphatic carbocycles. The Morgan fingerprint density at radius 3 is 2.74 bits per heavy atom. The molecule has 2 N–H and O–H groups in total. The normalized spacial score (nSPS) is 10.8. The number of nitrogens with zero attached hydrogens (tertiary/aromatic N) is 1. The van der Waals surface area contributed by atoms with Crippen molar-refractivity contribution in [1.29, 1.82) is 0 Å². The topological polar surface area (TPSA) is 74.8 Å². The van der Waals surface area contributed by atoms with Crippen molar-refractivity contribution in [1.82, 2.24) is 5.43 Å².